The Bertz CT molecular complexity index is 1080. The number of carbonyl (C=O) groups excluding carboxylic acids is 3. The number of hydrogen-bond acceptors (Lipinski definition) is 5. The van der Waals surface area contributed by atoms with Crippen molar-refractivity contribution in [1.29, 1.82) is 0 Å². The van der Waals surface area contributed by atoms with Gasteiger partial charge in [-0.05, 0) is 48.5 Å². The van der Waals surface area contributed by atoms with E-state index in [0.29, 0.717) is 11.4 Å². The summed E-state index contributed by atoms with van der Waals surface area (Å²) in [4.78, 5) is 36.1. The van der Waals surface area contributed by atoms with Gasteiger partial charge < -0.3 is 20.5 Å². The summed E-state index contributed by atoms with van der Waals surface area (Å²) >= 11 is 0. The van der Waals surface area contributed by atoms with E-state index in [1.807, 2.05) is 0 Å². The number of carbonyl (C=O) groups is 3. The number of benzene rings is 3. The first-order valence-electron chi connectivity index (χ1n) is 8.71. The van der Waals surface area contributed by atoms with Gasteiger partial charge in [0.2, 0.25) is 0 Å². The molecule has 0 aliphatic heterocycles. The predicted molar refractivity (Wildman–Crippen MR) is 108 cm³/mol. The second kappa shape index (κ2) is 8.71. The van der Waals surface area contributed by atoms with Crippen molar-refractivity contribution in [2.45, 2.75) is 6.92 Å². The van der Waals surface area contributed by atoms with Crippen LogP contribution in [0.15, 0.2) is 72.8 Å². The van der Waals surface area contributed by atoms with Gasteiger partial charge in [-0.2, -0.15) is 0 Å². The standard InChI is InChI=1S/C22H18N2O5/c1-14(25)29-18-9-5-7-16(13-18)22(28)24-20-11-3-2-10-19(20)23-21(27)15-6-4-8-17(26)12-15/h2-13,26H,1H3,(H,23,27)(H,24,28). The van der Waals surface area contributed by atoms with Crippen LogP contribution in [-0.2, 0) is 4.79 Å². The molecule has 0 spiro atoms. The molecule has 0 saturated carbocycles. The van der Waals surface area contributed by atoms with Crippen LogP contribution in [0.1, 0.15) is 27.6 Å². The fraction of sp³-hybridized carbons (Fsp3) is 0.0455. The van der Waals surface area contributed by atoms with E-state index in [4.69, 9.17) is 4.74 Å². The molecule has 0 aliphatic rings. The van der Waals surface area contributed by atoms with Crippen LogP contribution in [0.4, 0.5) is 11.4 Å². The number of aromatic hydroxyl groups is 1. The van der Waals surface area contributed by atoms with Gasteiger partial charge in [-0.25, -0.2) is 0 Å². The van der Waals surface area contributed by atoms with Crippen molar-refractivity contribution in [3.8, 4) is 11.5 Å². The average molecular weight is 390 g/mol. The molecule has 0 fully saturated rings. The Kier molecular flexibility index (Phi) is 5.89. The molecule has 0 bridgehead atoms. The molecule has 2 amide bonds. The molecule has 0 unspecified atom stereocenters. The number of esters is 1. The number of amides is 2. The average Bonchev–Trinajstić information content (AvgIpc) is 2.69. The zero-order valence-electron chi connectivity index (χ0n) is 15.5. The summed E-state index contributed by atoms with van der Waals surface area (Å²) in [6.07, 6.45) is 0. The molecule has 0 aromatic heterocycles. The highest BCUT2D eigenvalue weighted by molar-refractivity contribution is 6.10. The normalized spacial score (nSPS) is 10.1. The van der Waals surface area contributed by atoms with Crippen molar-refractivity contribution >= 4 is 29.2 Å². The molecule has 0 heterocycles. The van der Waals surface area contributed by atoms with E-state index in [0.717, 1.165) is 0 Å². The van der Waals surface area contributed by atoms with E-state index in [-0.39, 0.29) is 22.6 Å². The first-order chi connectivity index (χ1) is 13.9. The first kappa shape index (κ1) is 19.6. The third-order valence-electron chi connectivity index (χ3n) is 3.89. The Morgan fingerprint density at radius 1 is 0.759 bits per heavy atom. The molecule has 146 valence electrons. The van der Waals surface area contributed by atoms with E-state index in [1.165, 1.54) is 25.1 Å². The highest BCUT2D eigenvalue weighted by atomic mass is 16.5. The Hall–Kier alpha value is -4.13. The quantitative estimate of drug-likeness (QED) is 0.454. The fourth-order valence-electron chi connectivity index (χ4n) is 2.60. The Morgan fingerprint density at radius 2 is 1.31 bits per heavy atom. The van der Waals surface area contributed by atoms with Crippen LogP contribution in [0.5, 0.6) is 11.5 Å². The van der Waals surface area contributed by atoms with Gasteiger partial charge in [-0.15, -0.1) is 0 Å². The second-order valence-electron chi connectivity index (χ2n) is 6.13. The fourth-order valence-corrected chi connectivity index (χ4v) is 2.60. The highest BCUT2D eigenvalue weighted by Gasteiger charge is 2.13. The number of anilines is 2. The van der Waals surface area contributed by atoms with Gasteiger partial charge >= 0.3 is 5.97 Å². The SMILES string of the molecule is CC(=O)Oc1cccc(C(=O)Nc2ccccc2NC(=O)c2cccc(O)c2)c1. The summed E-state index contributed by atoms with van der Waals surface area (Å²) in [6, 6.07) is 18.9. The van der Waals surface area contributed by atoms with E-state index >= 15 is 0 Å². The molecule has 29 heavy (non-hydrogen) atoms. The van der Waals surface area contributed by atoms with Crippen LogP contribution in [-0.4, -0.2) is 22.9 Å². The maximum Gasteiger partial charge on any atom is 0.308 e. The molecule has 3 N–H and O–H groups in total. The molecule has 3 aromatic rings. The number of phenols is 1. The molecule has 0 aliphatic carbocycles. The lowest BCUT2D eigenvalue weighted by molar-refractivity contribution is -0.131. The number of nitrogens with one attached hydrogen (secondary N) is 2. The smallest absolute Gasteiger partial charge is 0.308 e. The topological polar surface area (TPSA) is 105 Å². The number of ether oxygens (including phenoxy) is 1. The Labute approximate surface area is 166 Å². The minimum Gasteiger partial charge on any atom is -0.508 e. The van der Waals surface area contributed by atoms with Crippen LogP contribution in [0.25, 0.3) is 0 Å². The van der Waals surface area contributed by atoms with Crippen molar-refractivity contribution in [3.63, 3.8) is 0 Å². The Morgan fingerprint density at radius 3 is 1.86 bits per heavy atom. The number of para-hydroxylation sites is 2. The van der Waals surface area contributed by atoms with Crippen LogP contribution in [0.3, 0.4) is 0 Å². The van der Waals surface area contributed by atoms with Gasteiger partial charge in [-0.3, -0.25) is 14.4 Å². The lowest BCUT2D eigenvalue weighted by Crippen LogP contribution is -2.17. The predicted octanol–water partition coefficient (Wildman–Crippen LogP) is 3.82. The van der Waals surface area contributed by atoms with E-state index in [9.17, 15) is 19.5 Å². The second-order valence-corrected chi connectivity index (χ2v) is 6.13. The molecule has 0 radical (unpaired) electrons. The van der Waals surface area contributed by atoms with E-state index in [1.54, 1.807) is 54.6 Å². The maximum atomic E-state index is 12.6. The third-order valence-corrected chi connectivity index (χ3v) is 3.89. The summed E-state index contributed by atoms with van der Waals surface area (Å²) in [6.45, 7) is 1.28. The molecular weight excluding hydrogens is 372 g/mol. The molecule has 7 nitrogen and oxygen atoms in total. The summed E-state index contributed by atoms with van der Waals surface area (Å²) < 4.78 is 4.99. The van der Waals surface area contributed by atoms with Gasteiger partial charge in [0.05, 0.1) is 11.4 Å². The van der Waals surface area contributed by atoms with Crippen LogP contribution in [0, 0.1) is 0 Å². The largest absolute Gasteiger partial charge is 0.508 e. The number of phenolic OH excluding ortho intramolecular Hbond substituents is 1. The van der Waals surface area contributed by atoms with Crippen molar-refractivity contribution in [2.24, 2.45) is 0 Å². The van der Waals surface area contributed by atoms with Crippen molar-refractivity contribution in [3.05, 3.63) is 83.9 Å². The number of hydrogen-bond donors (Lipinski definition) is 3. The van der Waals surface area contributed by atoms with Crippen molar-refractivity contribution in [1.82, 2.24) is 0 Å². The van der Waals surface area contributed by atoms with Crippen molar-refractivity contribution < 1.29 is 24.2 Å². The van der Waals surface area contributed by atoms with Gasteiger partial charge in [0, 0.05) is 18.1 Å². The zero-order chi connectivity index (χ0) is 20.8. The third kappa shape index (κ3) is 5.20. The summed E-state index contributed by atoms with van der Waals surface area (Å²) in [5, 5.41) is 15.0. The van der Waals surface area contributed by atoms with Crippen LogP contribution in [0.2, 0.25) is 0 Å². The van der Waals surface area contributed by atoms with Gasteiger partial charge in [-0.1, -0.05) is 24.3 Å². The molecule has 0 saturated heterocycles. The van der Waals surface area contributed by atoms with E-state index < -0.39 is 17.8 Å². The van der Waals surface area contributed by atoms with Crippen LogP contribution >= 0.6 is 0 Å². The van der Waals surface area contributed by atoms with Crippen LogP contribution < -0.4 is 15.4 Å². The molecule has 3 rings (SSSR count). The summed E-state index contributed by atoms with van der Waals surface area (Å²) in [5.41, 5.74) is 1.35. The van der Waals surface area contributed by atoms with Gasteiger partial charge in [0.1, 0.15) is 11.5 Å². The monoisotopic (exact) mass is 390 g/mol. The highest BCUT2D eigenvalue weighted by Crippen LogP contribution is 2.24. The van der Waals surface area contributed by atoms with Gasteiger partial charge in [0.25, 0.3) is 11.8 Å². The number of rotatable bonds is 5. The molecule has 3 aromatic carbocycles. The van der Waals surface area contributed by atoms with Gasteiger partial charge in [0.15, 0.2) is 0 Å². The lowest BCUT2D eigenvalue weighted by Gasteiger charge is -2.13. The first-order valence-corrected chi connectivity index (χ1v) is 8.71. The zero-order valence-corrected chi connectivity index (χ0v) is 15.5. The van der Waals surface area contributed by atoms with E-state index in [2.05, 4.69) is 10.6 Å². The molecule has 0 atom stereocenters. The molecule has 7 heteroatoms. The Balaban J connectivity index is 1.78. The minimum absolute atomic E-state index is 0.0214. The summed E-state index contributed by atoms with van der Waals surface area (Å²) in [5.74, 6) is -1.11. The summed E-state index contributed by atoms with van der Waals surface area (Å²) in [7, 11) is 0. The lowest BCUT2D eigenvalue weighted by atomic mass is 10.1. The minimum atomic E-state index is -0.484. The van der Waals surface area contributed by atoms with Crippen molar-refractivity contribution in [2.75, 3.05) is 10.6 Å². The molecular formula is C22H18N2O5. The maximum absolute atomic E-state index is 12.6.